The summed E-state index contributed by atoms with van der Waals surface area (Å²) in [6.45, 7) is 5.13. The molecule has 9 heteroatoms. The SMILES string of the molecule is Cc1nc(C)c(C(=O)N(C[C@H]2CCCO2)c2nc3c(s2)CCc2c-3cnn2C)s1. The lowest BCUT2D eigenvalue weighted by Gasteiger charge is -2.22. The Morgan fingerprint density at radius 1 is 1.31 bits per heavy atom. The second-order valence-electron chi connectivity index (χ2n) is 7.59. The molecule has 0 bridgehead atoms. The largest absolute Gasteiger partial charge is 0.376 e. The fourth-order valence-electron chi connectivity index (χ4n) is 4.12. The third kappa shape index (κ3) is 3.31. The molecule has 3 aromatic heterocycles. The summed E-state index contributed by atoms with van der Waals surface area (Å²) in [6, 6.07) is 0. The van der Waals surface area contributed by atoms with Crippen LogP contribution in [-0.4, -0.2) is 44.9 Å². The Balaban J connectivity index is 1.54. The van der Waals surface area contributed by atoms with Crippen molar-refractivity contribution in [2.24, 2.45) is 7.05 Å². The van der Waals surface area contributed by atoms with Crippen LogP contribution in [0.1, 0.15) is 43.8 Å². The van der Waals surface area contributed by atoms with Crippen molar-refractivity contribution in [3.63, 3.8) is 0 Å². The summed E-state index contributed by atoms with van der Waals surface area (Å²) in [5.41, 5.74) is 4.05. The van der Waals surface area contributed by atoms with E-state index < -0.39 is 0 Å². The predicted octanol–water partition coefficient (Wildman–Crippen LogP) is 3.54. The average Bonchev–Trinajstić information content (AvgIpc) is 3.46. The van der Waals surface area contributed by atoms with Crippen LogP contribution in [0.5, 0.6) is 0 Å². The number of carbonyl (C=O) groups is 1. The van der Waals surface area contributed by atoms with Crippen LogP contribution in [0.25, 0.3) is 11.3 Å². The number of hydrogen-bond donors (Lipinski definition) is 0. The van der Waals surface area contributed by atoms with Gasteiger partial charge < -0.3 is 4.74 Å². The summed E-state index contributed by atoms with van der Waals surface area (Å²) in [4.78, 5) is 26.6. The van der Waals surface area contributed by atoms with Crippen molar-refractivity contribution in [1.29, 1.82) is 0 Å². The Morgan fingerprint density at radius 3 is 2.90 bits per heavy atom. The highest BCUT2D eigenvalue weighted by Gasteiger charge is 2.31. The molecule has 152 valence electrons. The van der Waals surface area contributed by atoms with Crippen molar-refractivity contribution >= 4 is 33.7 Å². The molecule has 1 aliphatic heterocycles. The normalized spacial score (nSPS) is 18.0. The fourth-order valence-corrected chi connectivity index (χ4v) is 6.07. The van der Waals surface area contributed by atoms with Gasteiger partial charge in [0.15, 0.2) is 5.13 Å². The highest BCUT2D eigenvalue weighted by molar-refractivity contribution is 7.16. The molecule has 0 radical (unpaired) electrons. The van der Waals surface area contributed by atoms with E-state index in [1.807, 2.05) is 36.7 Å². The molecule has 1 aliphatic carbocycles. The predicted molar refractivity (Wildman–Crippen MR) is 114 cm³/mol. The Kier molecular flexibility index (Phi) is 4.76. The molecule has 1 amide bonds. The Labute approximate surface area is 177 Å². The number of amides is 1. The molecule has 0 N–H and O–H groups in total. The number of rotatable bonds is 4. The van der Waals surface area contributed by atoms with E-state index in [1.165, 1.54) is 21.9 Å². The van der Waals surface area contributed by atoms with E-state index >= 15 is 0 Å². The van der Waals surface area contributed by atoms with Gasteiger partial charge in [-0.05, 0) is 39.5 Å². The van der Waals surface area contributed by atoms with Gasteiger partial charge in [0.1, 0.15) is 4.88 Å². The molecule has 0 unspecified atom stereocenters. The number of carbonyl (C=O) groups excluding carboxylic acids is 1. The summed E-state index contributed by atoms with van der Waals surface area (Å²) in [5, 5.41) is 6.06. The summed E-state index contributed by atoms with van der Waals surface area (Å²) in [5.74, 6) is -0.0268. The molecule has 3 aromatic rings. The van der Waals surface area contributed by atoms with E-state index in [0.29, 0.717) is 11.4 Å². The first-order valence-electron chi connectivity index (χ1n) is 9.89. The first kappa shape index (κ1) is 18.9. The number of aryl methyl sites for hydroxylation is 4. The highest BCUT2D eigenvalue weighted by Crippen LogP contribution is 2.40. The lowest BCUT2D eigenvalue weighted by atomic mass is 10.0. The first-order chi connectivity index (χ1) is 14.0. The minimum absolute atomic E-state index is 0.0268. The summed E-state index contributed by atoms with van der Waals surface area (Å²) < 4.78 is 7.77. The van der Waals surface area contributed by atoms with Crippen LogP contribution < -0.4 is 4.90 Å². The van der Waals surface area contributed by atoms with Gasteiger partial charge in [-0.15, -0.1) is 22.7 Å². The second-order valence-corrected chi connectivity index (χ2v) is 9.86. The second kappa shape index (κ2) is 7.30. The number of fused-ring (bicyclic) bond motifs is 3. The molecule has 7 nitrogen and oxygen atoms in total. The molecule has 1 saturated heterocycles. The van der Waals surface area contributed by atoms with E-state index in [-0.39, 0.29) is 12.0 Å². The molecule has 0 spiro atoms. The summed E-state index contributed by atoms with van der Waals surface area (Å²) in [6.07, 6.45) is 5.84. The third-order valence-electron chi connectivity index (χ3n) is 5.58. The van der Waals surface area contributed by atoms with Crippen molar-refractivity contribution in [1.82, 2.24) is 19.7 Å². The molecule has 4 heterocycles. The number of thiazole rings is 2. The Bertz CT molecular complexity index is 1080. The molecule has 2 aliphatic rings. The van der Waals surface area contributed by atoms with Crippen LogP contribution in [0.15, 0.2) is 6.20 Å². The average molecular weight is 430 g/mol. The lowest BCUT2D eigenvalue weighted by Crippen LogP contribution is -2.37. The molecule has 29 heavy (non-hydrogen) atoms. The lowest BCUT2D eigenvalue weighted by molar-refractivity contribution is 0.0920. The van der Waals surface area contributed by atoms with Crippen LogP contribution in [-0.2, 0) is 24.6 Å². The fraction of sp³-hybridized carbons (Fsp3) is 0.500. The van der Waals surface area contributed by atoms with E-state index in [1.54, 1.807) is 11.3 Å². The smallest absolute Gasteiger partial charge is 0.272 e. The molecule has 0 saturated carbocycles. The van der Waals surface area contributed by atoms with Crippen molar-refractivity contribution in [2.75, 3.05) is 18.1 Å². The van der Waals surface area contributed by atoms with Crippen LogP contribution in [0.4, 0.5) is 5.13 Å². The highest BCUT2D eigenvalue weighted by atomic mass is 32.1. The number of ether oxygens (including phenoxy) is 1. The minimum Gasteiger partial charge on any atom is -0.376 e. The van der Waals surface area contributed by atoms with E-state index in [0.717, 1.165) is 59.4 Å². The molecule has 0 aromatic carbocycles. The number of hydrogen-bond acceptors (Lipinski definition) is 7. The number of nitrogens with zero attached hydrogens (tertiary/aromatic N) is 5. The molecular formula is C20H23N5O2S2. The van der Waals surface area contributed by atoms with E-state index in [2.05, 4.69) is 10.1 Å². The summed E-state index contributed by atoms with van der Waals surface area (Å²) in [7, 11) is 1.97. The van der Waals surface area contributed by atoms with Gasteiger partial charge in [-0.25, -0.2) is 9.97 Å². The monoisotopic (exact) mass is 429 g/mol. The van der Waals surface area contributed by atoms with Gasteiger partial charge >= 0.3 is 0 Å². The minimum atomic E-state index is -0.0268. The zero-order chi connectivity index (χ0) is 20.1. The number of aromatic nitrogens is 4. The zero-order valence-electron chi connectivity index (χ0n) is 16.8. The molecule has 1 atom stereocenters. The Hall–Kier alpha value is -2.10. The molecular weight excluding hydrogens is 406 g/mol. The van der Waals surface area contributed by atoms with Crippen molar-refractivity contribution in [3.8, 4) is 11.3 Å². The van der Waals surface area contributed by atoms with Crippen LogP contribution in [0.3, 0.4) is 0 Å². The molecule has 1 fully saturated rings. The van der Waals surface area contributed by atoms with Crippen LogP contribution >= 0.6 is 22.7 Å². The summed E-state index contributed by atoms with van der Waals surface area (Å²) >= 11 is 3.07. The maximum Gasteiger partial charge on any atom is 0.272 e. The Morgan fingerprint density at radius 2 is 2.17 bits per heavy atom. The van der Waals surface area contributed by atoms with Gasteiger partial charge in [-0.2, -0.15) is 5.10 Å². The maximum absolute atomic E-state index is 13.5. The standard InChI is InChI=1S/C20H23N5O2S2/c1-11-18(28-12(2)22-11)19(26)25(10-13-5-4-8-27-13)20-23-17-14-9-21-24(3)15(14)6-7-16(17)29-20/h9,13H,4-8,10H2,1-3H3/t13-/m1/s1. The maximum atomic E-state index is 13.5. The van der Waals surface area contributed by atoms with Gasteiger partial charge in [-0.1, -0.05) is 0 Å². The van der Waals surface area contributed by atoms with Gasteiger partial charge in [-0.3, -0.25) is 14.4 Å². The van der Waals surface area contributed by atoms with Gasteiger partial charge in [0.2, 0.25) is 0 Å². The topological polar surface area (TPSA) is 73.1 Å². The molecule has 5 rings (SSSR count). The van der Waals surface area contributed by atoms with Crippen molar-refractivity contribution in [3.05, 3.63) is 32.3 Å². The quantitative estimate of drug-likeness (QED) is 0.634. The van der Waals surface area contributed by atoms with Gasteiger partial charge in [0.05, 0.1) is 35.2 Å². The third-order valence-corrected chi connectivity index (χ3v) is 7.77. The van der Waals surface area contributed by atoms with E-state index in [9.17, 15) is 4.79 Å². The van der Waals surface area contributed by atoms with Crippen molar-refractivity contribution < 1.29 is 9.53 Å². The van der Waals surface area contributed by atoms with Gasteiger partial charge in [0.25, 0.3) is 5.91 Å². The van der Waals surface area contributed by atoms with Gasteiger partial charge in [0, 0.05) is 29.8 Å². The van der Waals surface area contributed by atoms with E-state index in [4.69, 9.17) is 9.72 Å². The first-order valence-corrected chi connectivity index (χ1v) is 11.5. The van der Waals surface area contributed by atoms with Crippen molar-refractivity contribution in [2.45, 2.75) is 45.6 Å². The van der Waals surface area contributed by atoms with Crippen LogP contribution in [0, 0.1) is 13.8 Å². The number of anilines is 1. The van der Waals surface area contributed by atoms with Crippen LogP contribution in [0.2, 0.25) is 0 Å². The zero-order valence-corrected chi connectivity index (χ0v) is 18.4.